The Bertz CT molecular complexity index is 787. The Hall–Kier alpha value is -3.00. The normalized spacial score (nSPS) is 15.6. The lowest BCUT2D eigenvalue weighted by atomic mass is 10.0. The molecule has 0 radical (unpaired) electrons. The number of oxime groups is 1. The molecule has 2 N–H and O–H groups in total. The monoisotopic (exact) mass is 383 g/mol. The van der Waals surface area contributed by atoms with Crippen LogP contribution in [0.5, 0.6) is 0 Å². The van der Waals surface area contributed by atoms with Crippen molar-refractivity contribution in [3.8, 4) is 0 Å². The fourth-order valence-corrected chi connectivity index (χ4v) is 3.25. The molecule has 0 amide bonds. The Morgan fingerprint density at radius 2 is 1.71 bits per heavy atom. The number of carboxylic acids is 1. The highest BCUT2D eigenvalue weighted by molar-refractivity contribution is 6.01. The summed E-state index contributed by atoms with van der Waals surface area (Å²) in [6.07, 6.45) is 4.63. The molecule has 0 aliphatic carbocycles. The molecule has 0 spiro atoms. The van der Waals surface area contributed by atoms with Crippen molar-refractivity contribution in [2.24, 2.45) is 5.16 Å². The Kier molecular flexibility index (Phi) is 6.91. The molecule has 148 valence electrons. The molecule has 0 atom stereocenters. The van der Waals surface area contributed by atoms with Crippen LogP contribution in [0.25, 0.3) is 0 Å². The number of hydrogen-bond acceptors (Lipinski definition) is 7. The van der Waals surface area contributed by atoms with E-state index in [1.165, 1.54) is 5.56 Å². The van der Waals surface area contributed by atoms with E-state index in [9.17, 15) is 4.79 Å². The number of carboxylic acid groups (broad SMARTS) is 1. The minimum Gasteiger partial charge on any atom is -0.481 e. The minimum absolute atomic E-state index is 0.0544. The first kappa shape index (κ1) is 19.8. The lowest BCUT2D eigenvalue weighted by molar-refractivity contribution is -0.136. The zero-order valence-electron chi connectivity index (χ0n) is 15.7. The van der Waals surface area contributed by atoms with Crippen LogP contribution in [0, 0.1) is 0 Å². The van der Waals surface area contributed by atoms with Gasteiger partial charge in [-0.2, -0.15) is 0 Å². The first-order chi connectivity index (χ1) is 13.7. The summed E-state index contributed by atoms with van der Waals surface area (Å²) < 4.78 is 0. The average Bonchev–Trinajstić information content (AvgIpc) is 2.74. The molecule has 1 aromatic heterocycles. The Morgan fingerprint density at radius 3 is 2.32 bits per heavy atom. The molecule has 3 rings (SSSR count). The molecule has 8 nitrogen and oxygen atoms in total. The lowest BCUT2D eigenvalue weighted by Crippen LogP contribution is -2.47. The third-order valence-corrected chi connectivity index (χ3v) is 4.91. The topological polar surface area (TPSA) is 102 Å². The van der Waals surface area contributed by atoms with Crippen LogP contribution in [-0.4, -0.2) is 69.6 Å². The van der Waals surface area contributed by atoms with E-state index in [1.807, 2.05) is 30.3 Å². The van der Waals surface area contributed by atoms with Gasteiger partial charge in [0.25, 0.3) is 0 Å². The predicted octanol–water partition coefficient (Wildman–Crippen LogP) is 1.88. The van der Waals surface area contributed by atoms with Gasteiger partial charge in [0.1, 0.15) is 0 Å². The third-order valence-electron chi connectivity index (χ3n) is 4.91. The smallest absolute Gasteiger partial charge is 0.303 e. The average molecular weight is 383 g/mol. The first-order valence-electron chi connectivity index (χ1n) is 9.42. The Morgan fingerprint density at radius 1 is 1.04 bits per heavy atom. The first-order valence-corrected chi connectivity index (χ1v) is 9.42. The van der Waals surface area contributed by atoms with Gasteiger partial charge in [-0.1, -0.05) is 29.4 Å². The summed E-state index contributed by atoms with van der Waals surface area (Å²) >= 11 is 0. The van der Waals surface area contributed by atoms with Crippen LogP contribution in [0.1, 0.15) is 24.0 Å². The summed E-state index contributed by atoms with van der Waals surface area (Å²) in [4.78, 5) is 23.9. The fourth-order valence-electron chi connectivity index (χ4n) is 3.25. The van der Waals surface area contributed by atoms with Gasteiger partial charge >= 0.3 is 5.97 Å². The molecule has 2 heterocycles. The Labute approximate surface area is 164 Å². The summed E-state index contributed by atoms with van der Waals surface area (Å²) in [5.74, 6) is -0.112. The van der Waals surface area contributed by atoms with Crippen molar-refractivity contribution in [3.05, 3.63) is 53.9 Å². The molecule has 1 fully saturated rings. The van der Waals surface area contributed by atoms with Gasteiger partial charge in [0.15, 0.2) is 0 Å². The number of nitrogens with zero attached hydrogens (tertiary/aromatic N) is 5. The second kappa shape index (κ2) is 9.80. The van der Waals surface area contributed by atoms with E-state index in [0.29, 0.717) is 5.71 Å². The predicted molar refractivity (Wildman–Crippen MR) is 106 cm³/mol. The van der Waals surface area contributed by atoms with Crippen molar-refractivity contribution in [1.29, 1.82) is 0 Å². The zero-order valence-corrected chi connectivity index (χ0v) is 15.7. The molecule has 0 unspecified atom stereocenters. The van der Waals surface area contributed by atoms with E-state index >= 15 is 0 Å². The molecule has 1 saturated heterocycles. The number of piperazine rings is 1. The van der Waals surface area contributed by atoms with Crippen molar-refractivity contribution in [2.45, 2.75) is 19.3 Å². The van der Waals surface area contributed by atoms with Gasteiger partial charge in [0, 0.05) is 51.5 Å². The van der Waals surface area contributed by atoms with Gasteiger partial charge in [-0.25, -0.2) is 9.97 Å². The summed E-state index contributed by atoms with van der Waals surface area (Å²) in [7, 11) is 0. The summed E-state index contributed by atoms with van der Waals surface area (Å²) in [6.45, 7) is 4.77. The van der Waals surface area contributed by atoms with E-state index in [4.69, 9.17) is 10.3 Å². The van der Waals surface area contributed by atoms with Gasteiger partial charge in [0.05, 0.1) is 12.1 Å². The summed E-state index contributed by atoms with van der Waals surface area (Å²) in [5.41, 5.74) is 2.35. The van der Waals surface area contributed by atoms with Crippen LogP contribution in [-0.2, 0) is 11.2 Å². The third kappa shape index (κ3) is 5.50. The maximum Gasteiger partial charge on any atom is 0.303 e. The molecular weight excluding hydrogens is 358 g/mol. The molecule has 1 aliphatic rings. The second-order valence-electron chi connectivity index (χ2n) is 6.76. The zero-order chi connectivity index (χ0) is 19.8. The van der Waals surface area contributed by atoms with Crippen LogP contribution in [0.3, 0.4) is 0 Å². The number of aromatic nitrogens is 2. The maximum atomic E-state index is 10.7. The van der Waals surface area contributed by atoms with Gasteiger partial charge in [-0.05, 0) is 23.6 Å². The molecule has 8 heteroatoms. The molecule has 1 aliphatic heterocycles. The molecule has 2 aromatic rings. The van der Waals surface area contributed by atoms with Crippen LogP contribution < -0.4 is 4.90 Å². The largest absolute Gasteiger partial charge is 0.481 e. The van der Waals surface area contributed by atoms with Crippen LogP contribution in [0.15, 0.2) is 47.9 Å². The minimum atomic E-state index is -0.906. The van der Waals surface area contributed by atoms with Crippen molar-refractivity contribution in [2.75, 3.05) is 37.6 Å². The number of aliphatic carboxylic acids is 1. The maximum absolute atomic E-state index is 10.7. The highest BCUT2D eigenvalue weighted by atomic mass is 16.4. The second-order valence-corrected chi connectivity index (χ2v) is 6.76. The number of hydrogen-bond donors (Lipinski definition) is 2. The van der Waals surface area contributed by atoms with Crippen molar-refractivity contribution < 1.29 is 15.1 Å². The molecule has 1 aromatic carbocycles. The quantitative estimate of drug-likeness (QED) is 0.408. The van der Waals surface area contributed by atoms with Crippen LogP contribution >= 0.6 is 0 Å². The van der Waals surface area contributed by atoms with E-state index in [-0.39, 0.29) is 12.8 Å². The Balaban J connectivity index is 1.46. The number of anilines is 1. The molecular formula is C20H25N5O3. The molecule has 0 bridgehead atoms. The van der Waals surface area contributed by atoms with Gasteiger partial charge < -0.3 is 15.2 Å². The van der Waals surface area contributed by atoms with Gasteiger partial charge in [0.2, 0.25) is 5.95 Å². The van der Waals surface area contributed by atoms with Crippen molar-refractivity contribution in [3.63, 3.8) is 0 Å². The van der Waals surface area contributed by atoms with E-state index in [0.717, 1.165) is 50.7 Å². The number of carbonyl (C=O) groups is 1. The van der Waals surface area contributed by atoms with Crippen LogP contribution in [0.2, 0.25) is 0 Å². The van der Waals surface area contributed by atoms with E-state index in [2.05, 4.69) is 24.9 Å². The van der Waals surface area contributed by atoms with Crippen molar-refractivity contribution in [1.82, 2.24) is 14.9 Å². The number of rotatable bonds is 8. The molecule has 28 heavy (non-hydrogen) atoms. The van der Waals surface area contributed by atoms with E-state index in [1.54, 1.807) is 12.4 Å². The summed E-state index contributed by atoms with van der Waals surface area (Å²) in [5, 5.41) is 21.1. The molecule has 0 saturated carbocycles. The van der Waals surface area contributed by atoms with Crippen LogP contribution in [0.4, 0.5) is 5.95 Å². The summed E-state index contributed by atoms with van der Waals surface area (Å²) in [6, 6.07) is 9.62. The standard InChI is InChI=1S/C20H25N5O3/c26-19(27)7-6-18(23-28)17-4-2-16(3-5-17)8-11-24-12-14-25(15-13-24)20-21-9-1-10-22-20/h1-5,9-10,28H,6-8,11-15H2,(H,26,27). The van der Waals surface area contributed by atoms with E-state index < -0.39 is 5.97 Å². The fraction of sp³-hybridized carbons (Fsp3) is 0.400. The SMILES string of the molecule is O=C(O)CCC(=NO)c1ccc(CCN2CCN(c3ncccn3)CC2)cc1. The highest BCUT2D eigenvalue weighted by Gasteiger charge is 2.18. The lowest BCUT2D eigenvalue weighted by Gasteiger charge is -2.34. The van der Waals surface area contributed by atoms with Crippen molar-refractivity contribution >= 4 is 17.6 Å². The van der Waals surface area contributed by atoms with Gasteiger partial charge in [-0.15, -0.1) is 0 Å². The number of benzene rings is 1. The highest BCUT2D eigenvalue weighted by Crippen LogP contribution is 2.13. The van der Waals surface area contributed by atoms with Gasteiger partial charge in [-0.3, -0.25) is 9.69 Å².